The van der Waals surface area contributed by atoms with Crippen molar-refractivity contribution < 1.29 is 4.79 Å². The molecule has 74 valence electrons. The Morgan fingerprint density at radius 2 is 2.15 bits per heavy atom. The topological polar surface area (TPSA) is 17.1 Å². The maximum absolute atomic E-state index is 11.6. The van der Waals surface area contributed by atoms with Gasteiger partial charge in [-0.3, -0.25) is 4.79 Å². The molecule has 1 aliphatic rings. The van der Waals surface area contributed by atoms with Gasteiger partial charge in [0.15, 0.2) is 5.78 Å². The molecule has 0 aromatic rings. The Bertz CT molecular complexity index is 240. The first-order valence-corrected chi connectivity index (χ1v) is 5.19. The fourth-order valence-corrected chi connectivity index (χ4v) is 1.86. The Balaban J connectivity index is 2.83. The van der Waals surface area contributed by atoms with E-state index >= 15 is 0 Å². The minimum atomic E-state index is -0.389. The minimum absolute atomic E-state index is 0.113. The van der Waals surface area contributed by atoms with Crippen LogP contribution >= 0.6 is 11.6 Å². The van der Waals surface area contributed by atoms with Gasteiger partial charge < -0.3 is 0 Å². The predicted molar refractivity (Wildman–Crippen MR) is 56.0 cm³/mol. The average molecular weight is 201 g/mol. The van der Waals surface area contributed by atoms with Gasteiger partial charge in [-0.2, -0.15) is 0 Å². The summed E-state index contributed by atoms with van der Waals surface area (Å²) in [7, 11) is 0. The molecule has 13 heavy (non-hydrogen) atoms. The van der Waals surface area contributed by atoms with Crippen molar-refractivity contribution >= 4 is 17.4 Å². The van der Waals surface area contributed by atoms with Gasteiger partial charge in [-0.05, 0) is 25.2 Å². The van der Waals surface area contributed by atoms with Gasteiger partial charge in [0.05, 0.1) is 0 Å². The second kappa shape index (κ2) is 3.83. The number of carbonyl (C=O) groups is 1. The van der Waals surface area contributed by atoms with Crippen LogP contribution in [0.15, 0.2) is 11.6 Å². The van der Waals surface area contributed by atoms with Crippen LogP contribution < -0.4 is 0 Å². The third-order valence-electron chi connectivity index (χ3n) is 2.62. The Hall–Kier alpha value is -0.300. The van der Waals surface area contributed by atoms with E-state index in [-0.39, 0.29) is 16.6 Å². The Kier molecular flexibility index (Phi) is 3.18. The van der Waals surface area contributed by atoms with Gasteiger partial charge in [-0.25, -0.2) is 0 Å². The van der Waals surface area contributed by atoms with Crippen molar-refractivity contribution in [2.24, 2.45) is 5.41 Å². The van der Waals surface area contributed by atoms with E-state index in [1.165, 1.54) is 0 Å². The molecule has 0 heterocycles. The average Bonchev–Trinajstić information content (AvgIpc) is 2.00. The van der Waals surface area contributed by atoms with Crippen molar-refractivity contribution in [2.45, 2.75) is 45.4 Å². The van der Waals surface area contributed by atoms with Crippen LogP contribution in [0, 0.1) is 5.41 Å². The van der Waals surface area contributed by atoms with Gasteiger partial charge in [-0.15, -0.1) is 11.6 Å². The summed E-state index contributed by atoms with van der Waals surface area (Å²) in [6.45, 7) is 6.19. The summed E-state index contributed by atoms with van der Waals surface area (Å²) in [5, 5.41) is -0.389. The van der Waals surface area contributed by atoms with Crippen molar-refractivity contribution in [1.29, 1.82) is 0 Å². The zero-order valence-electron chi connectivity index (χ0n) is 8.56. The molecule has 0 unspecified atom stereocenters. The smallest absolute Gasteiger partial charge is 0.155 e. The van der Waals surface area contributed by atoms with Crippen LogP contribution in [0.25, 0.3) is 0 Å². The number of rotatable bonds is 0. The molecule has 0 aliphatic heterocycles. The monoisotopic (exact) mass is 200 g/mol. The highest BCUT2D eigenvalue weighted by atomic mass is 35.5. The lowest BCUT2D eigenvalue weighted by Crippen LogP contribution is -2.25. The highest BCUT2D eigenvalue weighted by molar-refractivity contribution is 6.33. The number of ketones is 1. The first kappa shape index (κ1) is 10.8. The zero-order valence-corrected chi connectivity index (χ0v) is 9.32. The van der Waals surface area contributed by atoms with Crippen LogP contribution in [0.5, 0.6) is 0 Å². The highest BCUT2D eigenvalue weighted by Gasteiger charge is 2.28. The number of alkyl halides is 1. The minimum Gasteiger partial charge on any atom is -0.298 e. The summed E-state index contributed by atoms with van der Waals surface area (Å²) >= 11 is 6.00. The molecule has 0 saturated carbocycles. The number of carbonyl (C=O) groups excluding carboxylic acids is 1. The van der Waals surface area contributed by atoms with E-state index in [2.05, 4.69) is 19.9 Å². The largest absolute Gasteiger partial charge is 0.298 e. The number of hydrogen-bond acceptors (Lipinski definition) is 1. The fourth-order valence-electron chi connectivity index (χ4n) is 1.70. The van der Waals surface area contributed by atoms with Crippen LogP contribution in [0.2, 0.25) is 0 Å². The first-order chi connectivity index (χ1) is 5.92. The maximum Gasteiger partial charge on any atom is 0.155 e. The van der Waals surface area contributed by atoms with E-state index < -0.39 is 0 Å². The van der Waals surface area contributed by atoms with Gasteiger partial charge in [0.25, 0.3) is 0 Å². The molecule has 0 N–H and O–H groups in total. The Morgan fingerprint density at radius 1 is 1.54 bits per heavy atom. The molecule has 1 atom stereocenters. The molecule has 2 heteroatoms. The predicted octanol–water partition coefficient (Wildman–Crippen LogP) is 3.32. The standard InChI is InChI=1S/C11H17ClO/c1-8-5-4-6-11(2,3)7-9(13)10(8)12/h5,10H,4,6-7H2,1-3H3/b8-5-/t10-/m1/s1. The molecule has 0 fully saturated rings. The van der Waals surface area contributed by atoms with Crippen molar-refractivity contribution in [3.05, 3.63) is 11.6 Å². The summed E-state index contributed by atoms with van der Waals surface area (Å²) in [4.78, 5) is 11.6. The molecule has 0 radical (unpaired) electrons. The lowest BCUT2D eigenvalue weighted by atomic mass is 9.80. The zero-order chi connectivity index (χ0) is 10.1. The van der Waals surface area contributed by atoms with E-state index in [0.29, 0.717) is 6.42 Å². The third-order valence-corrected chi connectivity index (χ3v) is 3.21. The molecule has 0 saturated heterocycles. The molecule has 0 aromatic heterocycles. The first-order valence-electron chi connectivity index (χ1n) is 4.76. The summed E-state index contributed by atoms with van der Waals surface area (Å²) in [5.74, 6) is 0.167. The molecule has 1 rings (SSSR count). The van der Waals surface area contributed by atoms with Gasteiger partial charge in [-0.1, -0.05) is 25.5 Å². The third kappa shape index (κ3) is 2.84. The van der Waals surface area contributed by atoms with Crippen LogP contribution in [0.1, 0.15) is 40.0 Å². The second-order valence-electron chi connectivity index (χ2n) is 4.66. The van der Waals surface area contributed by atoms with E-state index in [1.54, 1.807) is 0 Å². The SMILES string of the molecule is C/C1=C/CCC(C)(C)CC(=O)[C@@H]1Cl. The molecule has 0 aromatic carbocycles. The van der Waals surface area contributed by atoms with Gasteiger partial charge in [0.1, 0.15) is 5.38 Å². The maximum atomic E-state index is 11.6. The van der Waals surface area contributed by atoms with E-state index in [0.717, 1.165) is 18.4 Å². The summed E-state index contributed by atoms with van der Waals surface area (Å²) < 4.78 is 0. The lowest BCUT2D eigenvalue weighted by Gasteiger charge is -2.26. The highest BCUT2D eigenvalue weighted by Crippen LogP contribution is 2.32. The van der Waals surface area contributed by atoms with Crippen molar-refractivity contribution in [3.8, 4) is 0 Å². The molecular formula is C11H17ClO. The summed E-state index contributed by atoms with van der Waals surface area (Å²) in [6, 6.07) is 0. The second-order valence-corrected chi connectivity index (χ2v) is 5.09. The molecular weight excluding hydrogens is 184 g/mol. The van der Waals surface area contributed by atoms with E-state index in [4.69, 9.17) is 11.6 Å². The number of hydrogen-bond donors (Lipinski definition) is 0. The van der Waals surface area contributed by atoms with E-state index in [9.17, 15) is 4.79 Å². The fraction of sp³-hybridized carbons (Fsp3) is 0.727. The van der Waals surface area contributed by atoms with E-state index in [1.807, 2.05) is 6.92 Å². The summed E-state index contributed by atoms with van der Waals surface area (Å²) in [6.07, 6.45) is 4.80. The van der Waals surface area contributed by atoms with Gasteiger partial charge >= 0.3 is 0 Å². The molecule has 1 aliphatic carbocycles. The molecule has 0 spiro atoms. The molecule has 0 bridgehead atoms. The summed E-state index contributed by atoms with van der Waals surface area (Å²) in [5.41, 5.74) is 1.13. The Labute approximate surface area is 85.2 Å². The van der Waals surface area contributed by atoms with Crippen LogP contribution in [0.3, 0.4) is 0 Å². The van der Waals surface area contributed by atoms with Crippen molar-refractivity contribution in [1.82, 2.24) is 0 Å². The quantitative estimate of drug-likeness (QED) is 0.433. The van der Waals surface area contributed by atoms with Crippen molar-refractivity contribution in [3.63, 3.8) is 0 Å². The van der Waals surface area contributed by atoms with Crippen LogP contribution in [0.4, 0.5) is 0 Å². The van der Waals surface area contributed by atoms with Crippen LogP contribution in [-0.4, -0.2) is 11.2 Å². The number of Topliss-reactive ketones (excluding diaryl/α,β-unsaturated/α-hetero) is 1. The lowest BCUT2D eigenvalue weighted by molar-refractivity contribution is -0.120. The van der Waals surface area contributed by atoms with Crippen LogP contribution in [-0.2, 0) is 4.79 Å². The normalized spacial score (nSPS) is 33.1. The molecule has 1 nitrogen and oxygen atoms in total. The number of halogens is 1. The van der Waals surface area contributed by atoms with Crippen molar-refractivity contribution in [2.75, 3.05) is 0 Å². The van der Waals surface area contributed by atoms with Gasteiger partial charge in [0, 0.05) is 6.42 Å². The number of allylic oxidation sites excluding steroid dienone is 2. The molecule has 0 amide bonds. The Morgan fingerprint density at radius 3 is 2.77 bits per heavy atom. The van der Waals surface area contributed by atoms with Gasteiger partial charge in [0.2, 0.25) is 0 Å².